The first-order valence-corrected chi connectivity index (χ1v) is 30.6. The summed E-state index contributed by atoms with van der Waals surface area (Å²) in [6.45, 7) is 7.56. The fourth-order valence-electron chi connectivity index (χ4n) is 26.7. The van der Waals surface area contributed by atoms with Crippen molar-refractivity contribution in [3.8, 4) is 0 Å². The first-order valence-electron chi connectivity index (χ1n) is 30.6. The number of benzene rings is 18. The van der Waals surface area contributed by atoms with E-state index in [1.807, 2.05) is 0 Å². The Balaban J connectivity index is 0.916. The Morgan fingerprint density at radius 2 is 0.463 bits per heavy atom. The van der Waals surface area contributed by atoms with Crippen LogP contribution in [0.3, 0.4) is 0 Å². The zero-order valence-electron chi connectivity index (χ0n) is 44.0. The summed E-state index contributed by atoms with van der Waals surface area (Å²) in [5.74, 6) is 0. The molecule has 1 heterocycles. The van der Waals surface area contributed by atoms with E-state index in [2.05, 4.69) is 4.90 Å². The van der Waals surface area contributed by atoms with Crippen LogP contribution in [0.25, 0.3) is 291 Å². The molecule has 28 aromatic carbocycles. The predicted molar refractivity (Wildman–Crippen MR) is 336 cm³/mol. The van der Waals surface area contributed by atoms with Crippen LogP contribution in [-0.2, 0) is 39.3 Å². The number of hydrogen-bond acceptors (Lipinski definition) is 7. The van der Waals surface area contributed by atoms with Crippen LogP contribution < -0.4 is 0 Å². The summed E-state index contributed by atoms with van der Waals surface area (Å²) >= 11 is 0. The zero-order valence-corrected chi connectivity index (χ0v) is 44.0. The van der Waals surface area contributed by atoms with Gasteiger partial charge in [0, 0.05) is 33.4 Å². The Bertz CT molecular complexity index is 7190. The summed E-state index contributed by atoms with van der Waals surface area (Å²) in [6, 6.07) is 0.0313. The van der Waals surface area contributed by atoms with Gasteiger partial charge in [-0.1, -0.05) is 0 Å². The molecular formula is C75H31NO6. The minimum absolute atomic E-state index is 0.0313. The summed E-state index contributed by atoms with van der Waals surface area (Å²) in [6.07, 6.45) is 0. The van der Waals surface area contributed by atoms with Crippen molar-refractivity contribution < 1.29 is 28.4 Å². The molecule has 1 aliphatic heterocycles. The molecule has 82 heavy (non-hydrogen) atoms. The molecule has 0 bridgehead atoms. The Kier molecular flexibility index (Phi) is 4.08. The number of methoxy groups -OCH3 is 2. The Morgan fingerprint density at radius 3 is 0.720 bits per heavy atom. The van der Waals surface area contributed by atoms with E-state index >= 15 is 0 Å². The van der Waals surface area contributed by atoms with Gasteiger partial charge in [-0.2, -0.15) is 0 Å². The van der Waals surface area contributed by atoms with Gasteiger partial charge in [0.1, 0.15) is 0 Å². The molecule has 7 heteroatoms. The highest BCUT2D eigenvalue weighted by molar-refractivity contribution is 6.82. The summed E-state index contributed by atoms with van der Waals surface area (Å²) in [5, 5.41) is 88.3. The highest BCUT2D eigenvalue weighted by Crippen LogP contribution is 2.86. The summed E-state index contributed by atoms with van der Waals surface area (Å²) in [4.78, 5) is 2.96. The number of hydrogen-bond donors (Lipinski definition) is 0. The number of likely N-dealkylation sites (tertiary alicyclic amines) is 1. The fraction of sp³-hybridized carbons (Fsp3) is 0.227. The maximum absolute atomic E-state index is 7.37. The second-order valence-electron chi connectivity index (χ2n) is 28.3. The normalized spacial score (nSPS) is 22.2. The summed E-state index contributed by atoms with van der Waals surface area (Å²) < 4.78 is 37.1. The van der Waals surface area contributed by atoms with E-state index in [0.717, 1.165) is 13.1 Å². The van der Waals surface area contributed by atoms with Crippen LogP contribution in [-0.4, -0.2) is 104 Å². The van der Waals surface area contributed by atoms with Crippen molar-refractivity contribution >= 4 is 291 Å². The van der Waals surface area contributed by atoms with Gasteiger partial charge < -0.3 is 28.4 Å². The SMILES string of the molecule is COCCOCCOCCN1CC23c4c5c6c7c8c9c(c%10c%11c2c2c4c4c%12c5c5c6c6c8c8c%13c9c9c%10c%10c%11c%11c2c2c4c4c%12c%12c5c5c6c8c6c8c%13c9c9c%10c%10c%11c2c2c4c4c%12c5c6c5c8c9c%10c2c45)C73C1COCCOCCOC. The summed E-state index contributed by atoms with van der Waals surface area (Å²) in [7, 11) is 3.50. The zero-order chi connectivity index (χ0) is 50.4. The molecule has 5 aliphatic rings. The van der Waals surface area contributed by atoms with Gasteiger partial charge >= 0.3 is 0 Å². The van der Waals surface area contributed by atoms with E-state index in [1.165, 1.54) is 0 Å². The molecule has 2 spiro atoms. The highest BCUT2D eigenvalue weighted by atomic mass is 16.5. The van der Waals surface area contributed by atoms with E-state index in [1.54, 1.807) is 327 Å². The van der Waals surface area contributed by atoms with Crippen LogP contribution in [0.15, 0.2) is 0 Å². The van der Waals surface area contributed by atoms with E-state index in [-0.39, 0.29) is 11.5 Å². The first kappa shape index (κ1) is 35.9. The molecule has 1 saturated heterocycles. The fourth-order valence-corrected chi connectivity index (χ4v) is 26.7. The van der Waals surface area contributed by atoms with Crippen molar-refractivity contribution in [3.63, 3.8) is 0 Å². The van der Waals surface area contributed by atoms with Gasteiger partial charge in [0.05, 0.1) is 76.9 Å². The Hall–Kier alpha value is -7.82. The third-order valence-electron chi connectivity index (χ3n) is 27.4. The average molecular weight is 1040 g/mol. The second-order valence-corrected chi connectivity index (χ2v) is 28.3. The average Bonchev–Trinajstić information content (AvgIpc) is 1.39. The minimum atomic E-state index is -0.432. The lowest BCUT2D eigenvalue weighted by molar-refractivity contribution is -0.00387. The van der Waals surface area contributed by atoms with Gasteiger partial charge in [-0.15, -0.1) is 0 Å². The van der Waals surface area contributed by atoms with Crippen molar-refractivity contribution in [1.29, 1.82) is 0 Å². The topological polar surface area (TPSA) is 58.6 Å². The molecule has 1 fully saturated rings. The van der Waals surface area contributed by atoms with Crippen LogP contribution in [0.5, 0.6) is 0 Å². The molecule has 7 nitrogen and oxygen atoms in total. The minimum Gasteiger partial charge on any atom is -0.382 e. The number of nitrogens with zero attached hydrogens (tertiary/aromatic N) is 1. The third kappa shape index (κ3) is 2.30. The predicted octanol–water partition coefficient (Wildman–Crippen LogP) is 16.3. The maximum Gasteiger partial charge on any atom is 0.0701 e. The van der Waals surface area contributed by atoms with Crippen LogP contribution in [0.4, 0.5) is 0 Å². The molecule has 0 saturated carbocycles. The lowest BCUT2D eigenvalue weighted by atomic mass is 9.48. The van der Waals surface area contributed by atoms with Crippen LogP contribution in [0, 0.1) is 0 Å². The molecule has 1 unspecified atom stereocenters. The van der Waals surface area contributed by atoms with Crippen molar-refractivity contribution in [2.24, 2.45) is 0 Å². The molecule has 0 N–H and O–H groups in total. The van der Waals surface area contributed by atoms with Gasteiger partial charge in [0.2, 0.25) is 0 Å². The standard InChI is InChI=1S/C75H31NO6/c1-77-5-7-80-10-9-79-4-3-76-14-74-70-62-54-44-34-26-18-16-17-20-24-22(18)30-38-32(24)42-36-28(20)29-21(17)25-23-19(16)27(26)35-41-31(23)39-33(25)43-37(29)47-46(36)58-52(42)60-50(38)56(48(54)40(30)34)64(70)66(60)72-68(58)69-59(47)53(43)61-51(39)57-49(41)55(45(35)44)63(62)71(74)65(57)67(61)73(69)75(72,74)15(76)13-82-12-11-81-8-6-78-2/h15H,3-14H2,1-2H3. The molecule has 0 amide bonds. The Morgan fingerprint density at radius 1 is 0.256 bits per heavy atom. The molecule has 0 radical (unpaired) electrons. The van der Waals surface area contributed by atoms with Gasteiger partial charge in [0.25, 0.3) is 0 Å². The molecular weight excluding hydrogens is 1010 g/mol. The first-order chi connectivity index (χ1) is 40.9. The van der Waals surface area contributed by atoms with E-state index in [0.29, 0.717) is 66.1 Å². The lowest BCUT2D eigenvalue weighted by Gasteiger charge is -2.52. The highest BCUT2D eigenvalue weighted by Gasteiger charge is 2.76. The van der Waals surface area contributed by atoms with Crippen LogP contribution in [0.2, 0.25) is 0 Å². The molecule has 0 aromatic heterocycles. The van der Waals surface area contributed by atoms with E-state index in [4.69, 9.17) is 28.4 Å². The number of ether oxygens (including phenoxy) is 6. The van der Waals surface area contributed by atoms with Gasteiger partial charge in [-0.3, -0.25) is 4.90 Å². The molecule has 372 valence electrons. The second kappa shape index (κ2) is 9.33. The van der Waals surface area contributed by atoms with Crippen LogP contribution >= 0.6 is 0 Å². The van der Waals surface area contributed by atoms with E-state index < -0.39 is 5.41 Å². The third-order valence-corrected chi connectivity index (χ3v) is 27.4. The molecule has 1 atom stereocenters. The van der Waals surface area contributed by atoms with Gasteiger partial charge in [-0.25, -0.2) is 0 Å². The molecule has 28 aromatic rings. The number of rotatable bonds is 17. The monoisotopic (exact) mass is 1040 g/mol. The van der Waals surface area contributed by atoms with Crippen LogP contribution in [0.1, 0.15) is 22.3 Å². The maximum atomic E-state index is 7.37. The molecule has 33 rings (SSSR count). The van der Waals surface area contributed by atoms with E-state index in [9.17, 15) is 0 Å². The quantitative estimate of drug-likeness (QED) is 0.0665. The largest absolute Gasteiger partial charge is 0.382 e. The van der Waals surface area contributed by atoms with Gasteiger partial charge in [0.15, 0.2) is 0 Å². The van der Waals surface area contributed by atoms with Crippen molar-refractivity contribution in [1.82, 2.24) is 4.90 Å². The molecule has 4 aliphatic carbocycles. The van der Waals surface area contributed by atoms with Crippen molar-refractivity contribution in [2.45, 2.75) is 16.9 Å². The lowest BCUT2D eigenvalue weighted by Crippen LogP contribution is -2.56. The van der Waals surface area contributed by atoms with Crippen molar-refractivity contribution in [3.05, 3.63) is 22.3 Å². The van der Waals surface area contributed by atoms with Crippen molar-refractivity contribution in [2.75, 3.05) is 93.4 Å². The smallest absolute Gasteiger partial charge is 0.0701 e. The Labute approximate surface area is 454 Å². The summed E-state index contributed by atoms with van der Waals surface area (Å²) in [5.41, 5.74) is 6.02. The van der Waals surface area contributed by atoms with Gasteiger partial charge in [-0.05, 0) is 313 Å².